The van der Waals surface area contributed by atoms with Gasteiger partial charge in [-0.15, -0.1) is 0 Å². The SMILES string of the molecule is Brc1cc(Br)c2n(-c3ccccc3)nc3ccccc3c1-2. The lowest BCUT2D eigenvalue weighted by molar-refractivity contribution is 0.877. The summed E-state index contributed by atoms with van der Waals surface area (Å²) < 4.78 is 4.10. The van der Waals surface area contributed by atoms with Crippen LogP contribution in [0.4, 0.5) is 0 Å². The van der Waals surface area contributed by atoms with Gasteiger partial charge in [-0.1, -0.05) is 52.3 Å². The van der Waals surface area contributed by atoms with Crippen molar-refractivity contribution in [1.29, 1.82) is 0 Å². The van der Waals surface area contributed by atoms with Crippen molar-refractivity contribution in [1.82, 2.24) is 9.78 Å². The van der Waals surface area contributed by atoms with Crippen LogP contribution in [0.5, 0.6) is 0 Å². The predicted octanol–water partition coefficient (Wildman–Crippen LogP) is 5.66. The predicted molar refractivity (Wildman–Crippen MR) is 93.1 cm³/mol. The normalized spacial score (nSPS) is 11.3. The van der Waals surface area contributed by atoms with Crippen LogP contribution in [0.3, 0.4) is 0 Å². The number of hydrogen-bond donors (Lipinski definition) is 0. The molecule has 2 nitrogen and oxygen atoms in total. The first kappa shape index (κ1) is 13.0. The van der Waals surface area contributed by atoms with Gasteiger partial charge in [-0.25, -0.2) is 4.68 Å². The molecule has 0 N–H and O–H groups in total. The summed E-state index contributed by atoms with van der Waals surface area (Å²) in [4.78, 5) is 0. The third kappa shape index (κ3) is 2.01. The Hall–Kier alpha value is -1.65. The summed E-state index contributed by atoms with van der Waals surface area (Å²) >= 11 is 7.34. The minimum absolute atomic E-state index is 0.979. The van der Waals surface area contributed by atoms with Crippen LogP contribution in [0.2, 0.25) is 0 Å². The number of hydrogen-bond acceptors (Lipinski definition) is 1. The number of benzene rings is 2. The maximum absolute atomic E-state index is 4.81. The van der Waals surface area contributed by atoms with Crippen molar-refractivity contribution in [3.8, 4) is 16.9 Å². The second-order valence-electron chi connectivity index (χ2n) is 4.83. The first-order chi connectivity index (χ1) is 10.3. The average Bonchev–Trinajstić information content (AvgIpc) is 2.83. The van der Waals surface area contributed by atoms with E-state index < -0.39 is 0 Å². The molecule has 1 aliphatic carbocycles. The minimum atomic E-state index is 0.979. The maximum atomic E-state index is 4.81. The zero-order chi connectivity index (χ0) is 14.4. The van der Waals surface area contributed by atoms with Crippen LogP contribution in [-0.2, 0) is 0 Å². The first-order valence-corrected chi connectivity index (χ1v) is 8.15. The zero-order valence-electron chi connectivity index (χ0n) is 10.9. The zero-order valence-corrected chi connectivity index (χ0v) is 14.1. The monoisotopic (exact) mass is 400 g/mol. The van der Waals surface area contributed by atoms with E-state index in [1.807, 2.05) is 41.1 Å². The van der Waals surface area contributed by atoms with Crippen molar-refractivity contribution in [3.63, 3.8) is 0 Å². The van der Waals surface area contributed by atoms with Gasteiger partial charge in [0.1, 0.15) is 0 Å². The molecule has 4 rings (SSSR count). The highest BCUT2D eigenvalue weighted by atomic mass is 79.9. The fourth-order valence-corrected chi connectivity index (χ4v) is 4.17. The fraction of sp³-hybridized carbons (Fsp3) is 0. The summed E-state index contributed by atoms with van der Waals surface area (Å²) in [5.74, 6) is 0. The molecule has 2 aliphatic rings. The lowest BCUT2D eigenvalue weighted by Gasteiger charge is -2.15. The smallest absolute Gasteiger partial charge is 0.0919 e. The van der Waals surface area contributed by atoms with E-state index >= 15 is 0 Å². The van der Waals surface area contributed by atoms with Gasteiger partial charge < -0.3 is 0 Å². The topological polar surface area (TPSA) is 17.8 Å². The van der Waals surface area contributed by atoms with Crippen LogP contribution < -0.4 is 0 Å². The van der Waals surface area contributed by atoms with E-state index in [0.29, 0.717) is 0 Å². The van der Waals surface area contributed by atoms with Crippen LogP contribution in [0.25, 0.3) is 27.8 Å². The van der Waals surface area contributed by atoms with Crippen LogP contribution in [0, 0.1) is 0 Å². The number of halogens is 2. The molecule has 102 valence electrons. The molecule has 0 aromatic heterocycles. The van der Waals surface area contributed by atoms with E-state index in [0.717, 1.165) is 31.2 Å². The average molecular weight is 402 g/mol. The first-order valence-electron chi connectivity index (χ1n) is 6.56. The third-order valence-corrected chi connectivity index (χ3v) is 4.78. The summed E-state index contributed by atoms with van der Waals surface area (Å²) in [5, 5.41) is 5.96. The summed E-state index contributed by atoms with van der Waals surface area (Å²) in [6.07, 6.45) is 0. The molecule has 0 fully saturated rings. The molecule has 4 heteroatoms. The summed E-state index contributed by atoms with van der Waals surface area (Å²) in [6, 6.07) is 20.5. The van der Waals surface area contributed by atoms with Gasteiger partial charge in [0, 0.05) is 19.9 Å². The molecule has 0 saturated carbocycles. The fourth-order valence-electron chi connectivity index (χ4n) is 2.63. The van der Waals surface area contributed by atoms with E-state index in [1.165, 1.54) is 5.56 Å². The van der Waals surface area contributed by atoms with Crippen LogP contribution in [0.15, 0.2) is 69.6 Å². The highest BCUT2D eigenvalue weighted by molar-refractivity contribution is 9.11. The van der Waals surface area contributed by atoms with Crippen LogP contribution in [0.1, 0.15) is 0 Å². The standard InChI is InChI=1S/C17H10Br2N2/c18-13-10-14(19)17-16(13)12-8-4-5-9-15(12)20-21(17)11-6-2-1-3-7-11/h1-10H. The van der Waals surface area contributed by atoms with Crippen molar-refractivity contribution in [2.45, 2.75) is 0 Å². The molecule has 0 radical (unpaired) electrons. The Labute approximate surface area is 139 Å². The highest BCUT2D eigenvalue weighted by Crippen LogP contribution is 2.43. The van der Waals surface area contributed by atoms with Crippen LogP contribution >= 0.6 is 31.9 Å². The Morgan fingerprint density at radius 2 is 1.52 bits per heavy atom. The highest BCUT2D eigenvalue weighted by Gasteiger charge is 2.21. The van der Waals surface area contributed by atoms with E-state index in [9.17, 15) is 0 Å². The summed E-state index contributed by atoms with van der Waals surface area (Å²) in [6.45, 7) is 0. The molecule has 0 spiro atoms. The Kier molecular flexibility index (Phi) is 3.08. The van der Waals surface area contributed by atoms with Gasteiger partial charge in [0.25, 0.3) is 0 Å². The molecule has 1 heterocycles. The molecule has 2 aromatic carbocycles. The third-order valence-electron chi connectivity index (χ3n) is 3.55. The van der Waals surface area contributed by atoms with Gasteiger partial charge in [0.05, 0.1) is 16.9 Å². The Bertz CT molecular complexity index is 913. The van der Waals surface area contributed by atoms with Gasteiger partial charge in [0.15, 0.2) is 0 Å². The summed E-state index contributed by atoms with van der Waals surface area (Å²) in [5.41, 5.74) is 4.28. The number of aromatic nitrogens is 2. The molecule has 0 unspecified atom stereocenters. The van der Waals surface area contributed by atoms with Gasteiger partial charge in [-0.05, 0) is 40.2 Å². The quantitative estimate of drug-likeness (QED) is 0.402. The van der Waals surface area contributed by atoms with E-state index in [1.54, 1.807) is 0 Å². The maximum Gasteiger partial charge on any atom is 0.0919 e. The van der Waals surface area contributed by atoms with Crippen molar-refractivity contribution >= 4 is 42.8 Å². The molecule has 1 aliphatic heterocycles. The lowest BCUT2D eigenvalue weighted by atomic mass is 10.1. The van der Waals surface area contributed by atoms with Crippen molar-refractivity contribution < 1.29 is 0 Å². The summed E-state index contributed by atoms with van der Waals surface area (Å²) in [7, 11) is 0. The Morgan fingerprint density at radius 3 is 2.33 bits per heavy atom. The largest absolute Gasteiger partial charge is 0.231 e. The molecule has 21 heavy (non-hydrogen) atoms. The van der Waals surface area contributed by atoms with Gasteiger partial charge in [0.2, 0.25) is 0 Å². The van der Waals surface area contributed by atoms with E-state index in [2.05, 4.69) is 56.1 Å². The van der Waals surface area contributed by atoms with E-state index in [4.69, 9.17) is 5.10 Å². The number of rotatable bonds is 1. The molecular formula is C17H10Br2N2. The van der Waals surface area contributed by atoms with Gasteiger partial charge in [-0.2, -0.15) is 5.10 Å². The second-order valence-corrected chi connectivity index (χ2v) is 6.54. The van der Waals surface area contributed by atoms with Gasteiger partial charge in [-0.3, -0.25) is 0 Å². The minimum Gasteiger partial charge on any atom is -0.231 e. The molecular weight excluding hydrogens is 392 g/mol. The van der Waals surface area contributed by atoms with Crippen molar-refractivity contribution in [2.75, 3.05) is 0 Å². The molecule has 0 bridgehead atoms. The number of nitrogens with zero attached hydrogens (tertiary/aromatic N) is 2. The second kappa shape index (κ2) is 4.97. The molecule has 2 aromatic rings. The van der Waals surface area contributed by atoms with Crippen molar-refractivity contribution in [2.24, 2.45) is 0 Å². The molecule has 0 atom stereocenters. The lowest BCUT2D eigenvalue weighted by Crippen LogP contribution is -2.05. The number of fused-ring (bicyclic) bond motifs is 3. The molecule has 0 amide bonds. The number of para-hydroxylation sites is 1. The van der Waals surface area contributed by atoms with Crippen LogP contribution in [-0.4, -0.2) is 9.78 Å². The van der Waals surface area contributed by atoms with Crippen molar-refractivity contribution in [3.05, 3.63) is 69.6 Å². The Balaban J connectivity index is 2.19. The Morgan fingerprint density at radius 1 is 0.810 bits per heavy atom. The van der Waals surface area contributed by atoms with Gasteiger partial charge >= 0.3 is 0 Å². The molecule has 0 saturated heterocycles. The van der Waals surface area contributed by atoms with E-state index in [-0.39, 0.29) is 0 Å².